The number of nitrogens with zero attached hydrogens (tertiary/aromatic N) is 2. The molecule has 114 valence electrons. The van der Waals surface area contributed by atoms with Gasteiger partial charge in [0.2, 0.25) is 0 Å². The minimum absolute atomic E-state index is 0.201. The van der Waals surface area contributed by atoms with Crippen LogP contribution >= 0.6 is 11.3 Å². The third kappa shape index (κ3) is 4.27. The van der Waals surface area contributed by atoms with Crippen LogP contribution in [-0.4, -0.2) is 41.2 Å². The van der Waals surface area contributed by atoms with E-state index in [1.165, 1.54) is 0 Å². The topological polar surface area (TPSA) is 62.4 Å². The summed E-state index contributed by atoms with van der Waals surface area (Å²) in [5.74, 6) is 0.358. The second-order valence-corrected chi connectivity index (χ2v) is 6.10. The third-order valence-corrected chi connectivity index (χ3v) is 4.60. The van der Waals surface area contributed by atoms with Crippen LogP contribution in [0.1, 0.15) is 24.8 Å². The molecule has 0 saturated heterocycles. The highest BCUT2D eigenvalue weighted by Crippen LogP contribution is 2.27. The van der Waals surface area contributed by atoms with Gasteiger partial charge in [0.05, 0.1) is 17.3 Å². The molecule has 0 aliphatic rings. The highest BCUT2D eigenvalue weighted by molar-refractivity contribution is 7.10. The van der Waals surface area contributed by atoms with E-state index in [4.69, 9.17) is 15.8 Å². The van der Waals surface area contributed by atoms with Crippen molar-refractivity contribution in [1.82, 2.24) is 9.88 Å². The van der Waals surface area contributed by atoms with E-state index in [1.54, 1.807) is 11.3 Å². The van der Waals surface area contributed by atoms with Crippen LogP contribution < -0.4 is 5.73 Å². The summed E-state index contributed by atoms with van der Waals surface area (Å²) in [7, 11) is 0. The molecule has 21 heavy (non-hydrogen) atoms. The normalized spacial score (nSPS) is 12.8. The Labute approximate surface area is 130 Å². The van der Waals surface area contributed by atoms with Crippen LogP contribution in [0, 0.1) is 0 Å². The summed E-state index contributed by atoms with van der Waals surface area (Å²) >= 11 is 1.69. The molecule has 0 amide bonds. The molecule has 1 atom stereocenters. The summed E-state index contributed by atoms with van der Waals surface area (Å²) in [6.45, 7) is 7.07. The molecule has 1 aromatic heterocycles. The summed E-state index contributed by atoms with van der Waals surface area (Å²) in [6, 6.07) is 7.82. The molecular weight excluding hydrogens is 282 g/mol. The van der Waals surface area contributed by atoms with Gasteiger partial charge in [-0.25, -0.2) is 4.98 Å². The van der Waals surface area contributed by atoms with Gasteiger partial charge in [-0.3, -0.25) is 0 Å². The largest absolute Gasteiger partial charge is 0.399 e. The molecule has 2 aromatic rings. The van der Waals surface area contributed by atoms with Crippen molar-refractivity contribution in [2.24, 2.45) is 0 Å². The molecule has 0 spiro atoms. The second-order valence-electron chi connectivity index (χ2n) is 5.21. The summed E-state index contributed by atoms with van der Waals surface area (Å²) in [4.78, 5) is 6.99. The van der Waals surface area contributed by atoms with Crippen molar-refractivity contribution in [3.8, 4) is 11.3 Å². The minimum Gasteiger partial charge on any atom is -0.399 e. The van der Waals surface area contributed by atoms with E-state index >= 15 is 0 Å². The number of hydrogen-bond acceptors (Lipinski definition) is 5. The average Bonchev–Trinajstić information content (AvgIpc) is 2.96. The van der Waals surface area contributed by atoms with Gasteiger partial charge in [-0.2, -0.15) is 0 Å². The highest BCUT2D eigenvalue weighted by Gasteiger charge is 2.14. The summed E-state index contributed by atoms with van der Waals surface area (Å²) < 4.78 is 0. The van der Waals surface area contributed by atoms with Gasteiger partial charge in [0, 0.05) is 35.6 Å². The average molecular weight is 305 g/mol. The van der Waals surface area contributed by atoms with Gasteiger partial charge in [-0.15, -0.1) is 11.3 Å². The number of benzene rings is 1. The number of rotatable bonds is 7. The van der Waals surface area contributed by atoms with Crippen LogP contribution in [0.4, 0.5) is 5.69 Å². The van der Waals surface area contributed by atoms with Crippen molar-refractivity contribution in [3.63, 3.8) is 0 Å². The van der Waals surface area contributed by atoms with Crippen molar-refractivity contribution < 1.29 is 5.11 Å². The second kappa shape index (κ2) is 7.54. The van der Waals surface area contributed by atoms with Crippen LogP contribution in [0.25, 0.3) is 11.3 Å². The van der Waals surface area contributed by atoms with Gasteiger partial charge in [0.15, 0.2) is 0 Å². The Morgan fingerprint density at radius 2 is 2.24 bits per heavy atom. The number of nitrogen functional groups attached to an aromatic ring is 1. The van der Waals surface area contributed by atoms with Crippen LogP contribution in [0.2, 0.25) is 0 Å². The van der Waals surface area contributed by atoms with Crippen molar-refractivity contribution in [1.29, 1.82) is 0 Å². The zero-order valence-corrected chi connectivity index (χ0v) is 13.4. The molecule has 4 nitrogen and oxygen atoms in total. The van der Waals surface area contributed by atoms with E-state index in [-0.39, 0.29) is 6.61 Å². The molecule has 0 fully saturated rings. The monoisotopic (exact) mass is 305 g/mol. The number of aromatic nitrogens is 1. The van der Waals surface area contributed by atoms with E-state index in [2.05, 4.69) is 24.1 Å². The van der Waals surface area contributed by atoms with Crippen LogP contribution in [-0.2, 0) is 0 Å². The van der Waals surface area contributed by atoms with E-state index in [0.29, 0.717) is 12.5 Å². The lowest BCUT2D eigenvalue weighted by molar-refractivity contribution is 0.196. The molecule has 0 aliphatic heterocycles. The Bertz CT molecular complexity index is 570. The molecule has 1 unspecified atom stereocenters. The molecule has 5 heteroatoms. The maximum Gasteiger partial charge on any atom is 0.0973 e. The molecule has 0 bridgehead atoms. The number of likely N-dealkylation sites (N-methyl/N-ethyl adjacent to an activating group) is 1. The fraction of sp³-hybridized carbons (Fsp3) is 0.438. The third-order valence-electron chi connectivity index (χ3n) is 3.52. The Hall–Kier alpha value is -1.43. The summed E-state index contributed by atoms with van der Waals surface area (Å²) in [6.07, 6.45) is 0. The maximum absolute atomic E-state index is 9.06. The summed E-state index contributed by atoms with van der Waals surface area (Å²) in [5, 5.41) is 12.3. The van der Waals surface area contributed by atoms with E-state index in [0.717, 1.165) is 35.0 Å². The molecule has 1 aromatic carbocycles. The number of anilines is 1. The van der Waals surface area contributed by atoms with Gasteiger partial charge < -0.3 is 15.7 Å². The molecular formula is C16H23N3OS. The number of thiazole rings is 1. The van der Waals surface area contributed by atoms with Crippen molar-refractivity contribution in [2.45, 2.75) is 19.8 Å². The maximum atomic E-state index is 9.06. The minimum atomic E-state index is 0.201. The van der Waals surface area contributed by atoms with Gasteiger partial charge >= 0.3 is 0 Å². The molecule has 2 rings (SSSR count). The highest BCUT2D eigenvalue weighted by atomic mass is 32.1. The van der Waals surface area contributed by atoms with Crippen LogP contribution in [0.3, 0.4) is 0 Å². The molecule has 1 heterocycles. The Kier molecular flexibility index (Phi) is 5.73. The fourth-order valence-corrected chi connectivity index (χ4v) is 3.21. The zero-order chi connectivity index (χ0) is 15.2. The predicted octanol–water partition coefficient (Wildman–Crippen LogP) is 2.81. The van der Waals surface area contributed by atoms with Crippen LogP contribution in [0.5, 0.6) is 0 Å². The lowest BCUT2D eigenvalue weighted by Crippen LogP contribution is -2.30. The number of aliphatic hydroxyl groups excluding tert-OH is 1. The quantitative estimate of drug-likeness (QED) is 0.772. The number of nitrogens with two attached hydrogens (primary N) is 1. The standard InChI is InChI=1S/C16H23N3OS/c1-3-19(7-8-20)10-12(2)16-18-15(11-21-16)13-5-4-6-14(17)9-13/h4-6,9,11-12,20H,3,7-8,10,17H2,1-2H3. The molecule has 3 N–H and O–H groups in total. The van der Waals surface area contributed by atoms with Gasteiger partial charge in [-0.05, 0) is 18.7 Å². The lowest BCUT2D eigenvalue weighted by Gasteiger charge is -2.22. The first-order chi connectivity index (χ1) is 10.1. The van der Waals surface area contributed by atoms with Crippen LogP contribution in [0.15, 0.2) is 29.6 Å². The Balaban J connectivity index is 2.08. The fourth-order valence-electron chi connectivity index (χ4n) is 2.33. The van der Waals surface area contributed by atoms with E-state index < -0.39 is 0 Å². The predicted molar refractivity (Wildman–Crippen MR) is 89.6 cm³/mol. The summed E-state index contributed by atoms with van der Waals surface area (Å²) in [5.41, 5.74) is 8.63. The number of hydrogen-bond donors (Lipinski definition) is 2. The van der Waals surface area contributed by atoms with Crippen molar-refractivity contribution in [3.05, 3.63) is 34.7 Å². The Morgan fingerprint density at radius 1 is 1.43 bits per heavy atom. The first-order valence-corrected chi connectivity index (χ1v) is 8.16. The molecule has 0 saturated carbocycles. The molecule has 0 radical (unpaired) electrons. The Morgan fingerprint density at radius 3 is 2.90 bits per heavy atom. The zero-order valence-electron chi connectivity index (χ0n) is 12.6. The van der Waals surface area contributed by atoms with Crippen molar-refractivity contribution in [2.75, 3.05) is 32.0 Å². The molecule has 0 aliphatic carbocycles. The van der Waals surface area contributed by atoms with E-state index in [1.807, 2.05) is 24.3 Å². The van der Waals surface area contributed by atoms with Gasteiger partial charge in [0.1, 0.15) is 0 Å². The number of aliphatic hydroxyl groups is 1. The van der Waals surface area contributed by atoms with E-state index in [9.17, 15) is 0 Å². The van der Waals surface area contributed by atoms with Gasteiger partial charge in [0.25, 0.3) is 0 Å². The smallest absolute Gasteiger partial charge is 0.0973 e. The van der Waals surface area contributed by atoms with Crippen molar-refractivity contribution >= 4 is 17.0 Å². The first kappa shape index (κ1) is 15.9. The van der Waals surface area contributed by atoms with Gasteiger partial charge in [-0.1, -0.05) is 26.0 Å². The first-order valence-electron chi connectivity index (χ1n) is 7.28. The SMILES string of the molecule is CCN(CCO)CC(C)c1nc(-c2cccc(N)c2)cs1. The lowest BCUT2D eigenvalue weighted by atomic mass is 10.1.